The second kappa shape index (κ2) is 5.40. The van der Waals surface area contributed by atoms with Gasteiger partial charge in [0.05, 0.1) is 15.7 Å². The number of hydrogen-bond donors (Lipinski definition) is 2. The summed E-state index contributed by atoms with van der Waals surface area (Å²) in [7, 11) is 0. The summed E-state index contributed by atoms with van der Waals surface area (Å²) in [6.45, 7) is 1.82. The first-order chi connectivity index (χ1) is 8.99. The predicted octanol–water partition coefficient (Wildman–Crippen LogP) is 4.34. The predicted molar refractivity (Wildman–Crippen MR) is 75.5 cm³/mol. The van der Waals surface area contributed by atoms with E-state index < -0.39 is 11.8 Å². The van der Waals surface area contributed by atoms with Crippen molar-refractivity contribution in [3.8, 4) is 0 Å². The van der Waals surface area contributed by atoms with Crippen LogP contribution in [0.2, 0.25) is 0 Å². The number of carbonyl (C=O) groups is 1. The zero-order valence-electron chi connectivity index (χ0n) is 10.1. The SMILES string of the molecule is Cc1cc(Br)c(F)cc1Nc1ccccc1C(=O)O. The molecule has 0 saturated carbocycles. The lowest BCUT2D eigenvalue weighted by atomic mass is 10.1. The average Bonchev–Trinajstić information content (AvgIpc) is 2.36. The highest BCUT2D eigenvalue weighted by molar-refractivity contribution is 9.10. The third-order valence-corrected chi connectivity index (χ3v) is 3.30. The number of halogens is 2. The lowest BCUT2D eigenvalue weighted by Crippen LogP contribution is -2.03. The van der Waals surface area contributed by atoms with E-state index in [1.165, 1.54) is 12.1 Å². The fraction of sp³-hybridized carbons (Fsp3) is 0.0714. The van der Waals surface area contributed by atoms with Gasteiger partial charge in [-0.25, -0.2) is 9.18 Å². The van der Waals surface area contributed by atoms with Crippen LogP contribution in [-0.4, -0.2) is 11.1 Å². The van der Waals surface area contributed by atoms with E-state index in [9.17, 15) is 9.18 Å². The molecule has 0 heterocycles. The molecule has 0 atom stereocenters. The lowest BCUT2D eigenvalue weighted by Gasteiger charge is -2.12. The highest BCUT2D eigenvalue weighted by atomic mass is 79.9. The molecule has 0 unspecified atom stereocenters. The molecular formula is C14H11BrFNO2. The third-order valence-electron chi connectivity index (χ3n) is 2.69. The summed E-state index contributed by atoms with van der Waals surface area (Å²) in [6, 6.07) is 9.47. The van der Waals surface area contributed by atoms with Gasteiger partial charge in [-0.2, -0.15) is 0 Å². The molecule has 3 nitrogen and oxygen atoms in total. The Hall–Kier alpha value is -1.88. The van der Waals surface area contributed by atoms with Crippen molar-refractivity contribution in [2.24, 2.45) is 0 Å². The van der Waals surface area contributed by atoms with Crippen molar-refractivity contribution >= 4 is 33.3 Å². The molecule has 0 spiro atoms. The number of aromatic carboxylic acids is 1. The van der Waals surface area contributed by atoms with Crippen molar-refractivity contribution in [2.75, 3.05) is 5.32 Å². The van der Waals surface area contributed by atoms with Crippen LogP contribution in [-0.2, 0) is 0 Å². The van der Waals surface area contributed by atoms with Crippen LogP contribution in [0.1, 0.15) is 15.9 Å². The van der Waals surface area contributed by atoms with E-state index in [0.717, 1.165) is 5.56 Å². The molecule has 0 radical (unpaired) electrons. The number of carboxylic acids is 1. The number of carboxylic acid groups (broad SMARTS) is 1. The minimum atomic E-state index is -1.03. The largest absolute Gasteiger partial charge is 0.478 e. The first kappa shape index (κ1) is 13.5. The van der Waals surface area contributed by atoms with Crippen molar-refractivity contribution in [3.63, 3.8) is 0 Å². The molecule has 0 aliphatic heterocycles. The molecule has 0 bridgehead atoms. The Labute approximate surface area is 118 Å². The van der Waals surface area contributed by atoms with Crippen LogP contribution in [0.25, 0.3) is 0 Å². The maximum Gasteiger partial charge on any atom is 0.337 e. The van der Waals surface area contributed by atoms with Gasteiger partial charge in [0.1, 0.15) is 5.82 Å². The molecule has 0 amide bonds. The van der Waals surface area contributed by atoms with Crippen LogP contribution in [0.3, 0.4) is 0 Å². The molecule has 0 aliphatic carbocycles. The maximum atomic E-state index is 13.5. The normalized spacial score (nSPS) is 10.3. The van der Waals surface area contributed by atoms with Gasteiger partial charge >= 0.3 is 5.97 Å². The zero-order valence-corrected chi connectivity index (χ0v) is 11.7. The maximum absolute atomic E-state index is 13.5. The minimum absolute atomic E-state index is 0.144. The number of hydrogen-bond acceptors (Lipinski definition) is 2. The van der Waals surface area contributed by atoms with Gasteiger partial charge in [-0.1, -0.05) is 12.1 Å². The van der Waals surface area contributed by atoms with Gasteiger partial charge in [0, 0.05) is 5.69 Å². The molecule has 5 heteroatoms. The van der Waals surface area contributed by atoms with Crippen molar-refractivity contribution < 1.29 is 14.3 Å². The topological polar surface area (TPSA) is 49.3 Å². The van der Waals surface area contributed by atoms with E-state index in [4.69, 9.17) is 5.11 Å². The van der Waals surface area contributed by atoms with Crippen LogP contribution in [0.4, 0.5) is 15.8 Å². The standard InChI is InChI=1S/C14H11BrFNO2/c1-8-6-10(15)11(16)7-13(8)17-12-5-3-2-4-9(12)14(18)19/h2-7,17H,1H3,(H,18,19). The van der Waals surface area contributed by atoms with E-state index in [-0.39, 0.29) is 5.56 Å². The second-order valence-electron chi connectivity index (χ2n) is 4.06. The van der Waals surface area contributed by atoms with Crippen LogP contribution >= 0.6 is 15.9 Å². The number of nitrogens with one attached hydrogen (secondary N) is 1. The first-order valence-electron chi connectivity index (χ1n) is 5.54. The second-order valence-corrected chi connectivity index (χ2v) is 4.91. The van der Waals surface area contributed by atoms with Crippen LogP contribution in [0.15, 0.2) is 40.9 Å². The summed E-state index contributed by atoms with van der Waals surface area (Å²) < 4.78 is 13.9. The quantitative estimate of drug-likeness (QED) is 0.883. The molecule has 2 N–H and O–H groups in total. The summed E-state index contributed by atoms with van der Waals surface area (Å²) in [6.07, 6.45) is 0. The Morgan fingerprint density at radius 1 is 1.26 bits per heavy atom. The van der Waals surface area contributed by atoms with Gasteiger partial charge in [0.15, 0.2) is 0 Å². The molecule has 98 valence electrons. The van der Waals surface area contributed by atoms with Crippen molar-refractivity contribution in [1.29, 1.82) is 0 Å². The third kappa shape index (κ3) is 2.93. The molecule has 19 heavy (non-hydrogen) atoms. The van der Waals surface area contributed by atoms with Crippen LogP contribution in [0.5, 0.6) is 0 Å². The van der Waals surface area contributed by atoms with E-state index in [1.54, 1.807) is 24.3 Å². The summed E-state index contributed by atoms with van der Waals surface area (Å²) in [5.74, 6) is -1.43. The van der Waals surface area contributed by atoms with Crippen LogP contribution in [0, 0.1) is 12.7 Å². The van der Waals surface area contributed by atoms with E-state index in [0.29, 0.717) is 15.8 Å². The summed E-state index contributed by atoms with van der Waals surface area (Å²) in [4.78, 5) is 11.1. The van der Waals surface area contributed by atoms with E-state index in [2.05, 4.69) is 21.2 Å². The number of benzene rings is 2. The van der Waals surface area contributed by atoms with Gasteiger partial charge in [-0.05, 0) is 52.7 Å². The highest BCUT2D eigenvalue weighted by Gasteiger charge is 2.11. The number of para-hydroxylation sites is 1. The minimum Gasteiger partial charge on any atom is -0.478 e. The average molecular weight is 324 g/mol. The lowest BCUT2D eigenvalue weighted by molar-refractivity contribution is 0.0698. The van der Waals surface area contributed by atoms with E-state index in [1.807, 2.05) is 6.92 Å². The Kier molecular flexibility index (Phi) is 3.85. The molecule has 2 rings (SSSR count). The summed E-state index contributed by atoms with van der Waals surface area (Å²) in [5, 5.41) is 12.0. The van der Waals surface area contributed by atoms with Gasteiger partial charge < -0.3 is 10.4 Å². The Morgan fingerprint density at radius 3 is 2.63 bits per heavy atom. The Morgan fingerprint density at radius 2 is 1.95 bits per heavy atom. The van der Waals surface area contributed by atoms with Crippen molar-refractivity contribution in [1.82, 2.24) is 0 Å². The van der Waals surface area contributed by atoms with Gasteiger partial charge in [0.2, 0.25) is 0 Å². The Balaban J connectivity index is 2.42. The monoisotopic (exact) mass is 323 g/mol. The first-order valence-corrected chi connectivity index (χ1v) is 6.33. The number of rotatable bonds is 3. The molecule has 0 aliphatic rings. The fourth-order valence-corrected chi connectivity index (χ4v) is 2.16. The fourth-order valence-electron chi connectivity index (χ4n) is 1.70. The van der Waals surface area contributed by atoms with Crippen molar-refractivity contribution in [3.05, 3.63) is 57.8 Å². The highest BCUT2D eigenvalue weighted by Crippen LogP contribution is 2.28. The van der Waals surface area contributed by atoms with Crippen molar-refractivity contribution in [2.45, 2.75) is 6.92 Å². The molecule has 0 fully saturated rings. The van der Waals surface area contributed by atoms with Gasteiger partial charge in [-0.15, -0.1) is 0 Å². The van der Waals surface area contributed by atoms with E-state index >= 15 is 0 Å². The smallest absolute Gasteiger partial charge is 0.337 e. The summed E-state index contributed by atoms with van der Waals surface area (Å²) in [5.41, 5.74) is 1.92. The van der Waals surface area contributed by atoms with Crippen LogP contribution < -0.4 is 5.32 Å². The van der Waals surface area contributed by atoms with Gasteiger partial charge in [0.25, 0.3) is 0 Å². The molecule has 0 aromatic heterocycles. The molecule has 2 aromatic rings. The van der Waals surface area contributed by atoms with Gasteiger partial charge in [-0.3, -0.25) is 0 Å². The summed E-state index contributed by atoms with van der Waals surface area (Å²) >= 11 is 3.11. The molecule has 2 aromatic carbocycles. The number of aryl methyl sites for hydroxylation is 1. The Bertz CT molecular complexity index is 643. The zero-order chi connectivity index (χ0) is 14.0. The molecular weight excluding hydrogens is 313 g/mol. The molecule has 0 saturated heterocycles. The number of anilines is 2.